The van der Waals surface area contributed by atoms with Crippen LogP contribution in [0.5, 0.6) is 0 Å². The standard InChI is InChI=1S/C26H29N3O2/c1-16-4-5-20(25(31)29-26(2)10-3-11-26)13-22(16)19-9-8-18-14-23(27-15-21(18)12-19)28-24(30)17-6-7-17/h4-5,8-9,12-15,17,23,27H,3,6-7,10-11H2,1-2H3,(H,28,30)(H,29,31). The van der Waals surface area contributed by atoms with Crippen LogP contribution in [0, 0.1) is 12.8 Å². The lowest BCUT2D eigenvalue weighted by Gasteiger charge is -2.39. The van der Waals surface area contributed by atoms with E-state index in [1.54, 1.807) is 0 Å². The lowest BCUT2D eigenvalue weighted by Crippen LogP contribution is -2.50. The van der Waals surface area contributed by atoms with E-state index < -0.39 is 0 Å². The minimum Gasteiger partial charge on any atom is -0.368 e. The zero-order valence-corrected chi connectivity index (χ0v) is 18.1. The van der Waals surface area contributed by atoms with Crippen LogP contribution in [-0.4, -0.2) is 23.5 Å². The zero-order valence-electron chi connectivity index (χ0n) is 18.1. The molecule has 0 spiro atoms. The number of fused-ring (bicyclic) bond motifs is 1. The van der Waals surface area contributed by atoms with Gasteiger partial charge in [-0.3, -0.25) is 9.59 Å². The molecule has 0 aromatic heterocycles. The van der Waals surface area contributed by atoms with E-state index in [0.29, 0.717) is 5.56 Å². The molecule has 5 nitrogen and oxygen atoms in total. The number of aryl methyl sites for hydroxylation is 1. The van der Waals surface area contributed by atoms with Crippen molar-refractivity contribution in [2.24, 2.45) is 5.92 Å². The molecule has 0 radical (unpaired) electrons. The Labute approximate surface area is 182 Å². The molecule has 0 bridgehead atoms. The van der Waals surface area contributed by atoms with Gasteiger partial charge < -0.3 is 16.0 Å². The van der Waals surface area contributed by atoms with Crippen molar-refractivity contribution >= 4 is 24.1 Å². The average Bonchev–Trinajstić information content (AvgIpc) is 3.58. The van der Waals surface area contributed by atoms with Gasteiger partial charge >= 0.3 is 0 Å². The first-order valence-corrected chi connectivity index (χ1v) is 11.2. The summed E-state index contributed by atoms with van der Waals surface area (Å²) in [6.45, 7) is 4.19. The summed E-state index contributed by atoms with van der Waals surface area (Å²) in [6, 6.07) is 12.2. The molecule has 2 aromatic rings. The molecule has 1 aliphatic heterocycles. The first kappa shape index (κ1) is 19.9. The summed E-state index contributed by atoms with van der Waals surface area (Å²) in [5, 5.41) is 11.7. The SMILES string of the molecule is Cc1ccc(C(=O)NC2(C)CCC2)cc1-c1ccc2c(c1)=CNC(NC(=O)C1CC1)C=2. The summed E-state index contributed by atoms with van der Waals surface area (Å²) >= 11 is 0. The maximum atomic E-state index is 12.8. The van der Waals surface area contributed by atoms with Gasteiger partial charge in [0.15, 0.2) is 0 Å². The van der Waals surface area contributed by atoms with Crippen molar-refractivity contribution in [3.8, 4) is 11.1 Å². The molecule has 2 fully saturated rings. The smallest absolute Gasteiger partial charge is 0.251 e. The fourth-order valence-corrected chi connectivity index (χ4v) is 4.38. The molecule has 1 heterocycles. The van der Waals surface area contributed by atoms with Gasteiger partial charge in [-0.25, -0.2) is 0 Å². The van der Waals surface area contributed by atoms with Gasteiger partial charge in [-0.2, -0.15) is 0 Å². The monoisotopic (exact) mass is 415 g/mol. The van der Waals surface area contributed by atoms with Gasteiger partial charge in [0.2, 0.25) is 5.91 Å². The van der Waals surface area contributed by atoms with E-state index in [9.17, 15) is 9.59 Å². The molecule has 2 aromatic carbocycles. The Morgan fingerprint density at radius 3 is 2.58 bits per heavy atom. The van der Waals surface area contributed by atoms with Crippen LogP contribution in [0.1, 0.15) is 54.9 Å². The second-order valence-corrected chi connectivity index (χ2v) is 9.48. The fraction of sp³-hybridized carbons (Fsp3) is 0.385. The van der Waals surface area contributed by atoms with Gasteiger partial charge in [0, 0.05) is 23.2 Å². The largest absolute Gasteiger partial charge is 0.368 e. The molecular weight excluding hydrogens is 386 g/mol. The molecule has 3 N–H and O–H groups in total. The number of carbonyl (C=O) groups excluding carboxylic acids is 2. The van der Waals surface area contributed by atoms with E-state index in [-0.39, 0.29) is 29.4 Å². The first-order chi connectivity index (χ1) is 14.9. The highest BCUT2D eigenvalue weighted by molar-refractivity contribution is 5.96. The van der Waals surface area contributed by atoms with Crippen LogP contribution in [-0.2, 0) is 4.79 Å². The summed E-state index contributed by atoms with van der Waals surface area (Å²) in [5.41, 5.74) is 3.91. The third-order valence-electron chi connectivity index (χ3n) is 6.78. The summed E-state index contributed by atoms with van der Waals surface area (Å²) in [5.74, 6) is 0.319. The maximum absolute atomic E-state index is 12.8. The molecule has 2 amide bonds. The number of hydrogen-bond donors (Lipinski definition) is 3. The topological polar surface area (TPSA) is 70.2 Å². The highest BCUT2D eigenvalue weighted by atomic mass is 16.2. The molecule has 1 atom stereocenters. The van der Waals surface area contributed by atoms with Crippen LogP contribution < -0.4 is 26.4 Å². The summed E-state index contributed by atoms with van der Waals surface area (Å²) in [6.07, 6.45) is 9.10. The summed E-state index contributed by atoms with van der Waals surface area (Å²) in [7, 11) is 0. The maximum Gasteiger partial charge on any atom is 0.251 e. The number of amides is 2. The summed E-state index contributed by atoms with van der Waals surface area (Å²) in [4.78, 5) is 24.8. The molecule has 3 aliphatic rings. The lowest BCUT2D eigenvalue weighted by molar-refractivity contribution is -0.122. The lowest BCUT2D eigenvalue weighted by atomic mass is 9.78. The van der Waals surface area contributed by atoms with E-state index in [1.165, 1.54) is 6.42 Å². The molecule has 1 unspecified atom stereocenters. The molecule has 2 aliphatic carbocycles. The van der Waals surface area contributed by atoms with Crippen LogP contribution in [0.15, 0.2) is 36.4 Å². The van der Waals surface area contributed by atoms with Crippen LogP contribution in [0.4, 0.5) is 0 Å². The van der Waals surface area contributed by atoms with Crippen molar-refractivity contribution in [1.82, 2.24) is 16.0 Å². The normalized spacial score (nSPS) is 20.8. The van der Waals surface area contributed by atoms with E-state index in [1.807, 2.05) is 24.4 Å². The molecule has 160 valence electrons. The van der Waals surface area contributed by atoms with Crippen LogP contribution in [0.25, 0.3) is 23.4 Å². The van der Waals surface area contributed by atoms with Crippen molar-refractivity contribution in [2.45, 2.75) is 57.7 Å². The Morgan fingerprint density at radius 2 is 1.87 bits per heavy atom. The Morgan fingerprint density at radius 1 is 1.06 bits per heavy atom. The Hall–Kier alpha value is -3.08. The summed E-state index contributed by atoms with van der Waals surface area (Å²) < 4.78 is 0. The second kappa shape index (κ2) is 7.56. The van der Waals surface area contributed by atoms with Gasteiger partial charge in [0.1, 0.15) is 6.17 Å². The molecule has 2 saturated carbocycles. The third-order valence-corrected chi connectivity index (χ3v) is 6.78. The van der Waals surface area contributed by atoms with Crippen molar-refractivity contribution in [2.75, 3.05) is 0 Å². The first-order valence-electron chi connectivity index (χ1n) is 11.2. The van der Waals surface area contributed by atoms with E-state index >= 15 is 0 Å². The van der Waals surface area contributed by atoms with Crippen molar-refractivity contribution in [3.05, 3.63) is 58.0 Å². The Bertz CT molecular complexity index is 1180. The van der Waals surface area contributed by atoms with Crippen molar-refractivity contribution in [1.29, 1.82) is 0 Å². The van der Waals surface area contributed by atoms with Gasteiger partial charge in [-0.05, 0) is 97.4 Å². The van der Waals surface area contributed by atoms with Crippen LogP contribution >= 0.6 is 0 Å². The molecule has 0 saturated heterocycles. The number of nitrogens with one attached hydrogen (secondary N) is 3. The number of carbonyl (C=O) groups is 2. The number of hydrogen-bond acceptors (Lipinski definition) is 3. The fourth-order valence-electron chi connectivity index (χ4n) is 4.38. The molecule has 5 rings (SSSR count). The van der Waals surface area contributed by atoms with Gasteiger partial charge in [-0.1, -0.05) is 18.2 Å². The highest BCUT2D eigenvalue weighted by Gasteiger charge is 2.33. The number of rotatable bonds is 5. The molecule has 31 heavy (non-hydrogen) atoms. The molecular formula is C26H29N3O2. The predicted octanol–water partition coefficient (Wildman–Crippen LogP) is 2.31. The van der Waals surface area contributed by atoms with Gasteiger partial charge in [-0.15, -0.1) is 0 Å². The predicted molar refractivity (Wildman–Crippen MR) is 122 cm³/mol. The van der Waals surface area contributed by atoms with Crippen LogP contribution in [0.3, 0.4) is 0 Å². The van der Waals surface area contributed by atoms with E-state index in [4.69, 9.17) is 0 Å². The van der Waals surface area contributed by atoms with Crippen molar-refractivity contribution in [3.63, 3.8) is 0 Å². The molecule has 5 heteroatoms. The Balaban J connectivity index is 1.39. The van der Waals surface area contributed by atoms with E-state index in [0.717, 1.165) is 52.8 Å². The van der Waals surface area contributed by atoms with Gasteiger partial charge in [0.25, 0.3) is 5.91 Å². The highest BCUT2D eigenvalue weighted by Crippen LogP contribution is 2.32. The zero-order chi connectivity index (χ0) is 21.6. The minimum atomic E-state index is -0.173. The van der Waals surface area contributed by atoms with Gasteiger partial charge in [0.05, 0.1) is 0 Å². The third kappa shape index (κ3) is 4.09. The van der Waals surface area contributed by atoms with Crippen molar-refractivity contribution < 1.29 is 9.59 Å². The van der Waals surface area contributed by atoms with E-state index in [2.05, 4.69) is 54.1 Å². The average molecular weight is 416 g/mol. The second-order valence-electron chi connectivity index (χ2n) is 9.48. The Kier molecular flexibility index (Phi) is 4.84. The minimum absolute atomic E-state index is 0.00258. The quantitative estimate of drug-likeness (QED) is 0.702. The number of benzene rings is 2. The van der Waals surface area contributed by atoms with Crippen LogP contribution in [0.2, 0.25) is 0 Å².